The van der Waals surface area contributed by atoms with E-state index in [4.69, 9.17) is 14.2 Å². The molecule has 0 aliphatic carbocycles. The van der Waals surface area contributed by atoms with Crippen LogP contribution in [0.1, 0.15) is 36.7 Å². The monoisotopic (exact) mass is 613 g/mol. The van der Waals surface area contributed by atoms with Crippen molar-refractivity contribution < 1.29 is 14.2 Å². The first-order chi connectivity index (χ1) is 17.3. The van der Waals surface area contributed by atoms with E-state index in [9.17, 15) is 4.79 Å². The molecule has 0 fully saturated rings. The predicted octanol–water partition coefficient (Wildman–Crippen LogP) is 6.52. The van der Waals surface area contributed by atoms with Gasteiger partial charge in [-0.2, -0.15) is 9.78 Å². The first-order valence-electron chi connectivity index (χ1n) is 11.2. The van der Waals surface area contributed by atoms with Crippen LogP contribution in [-0.2, 0) is 6.61 Å². The van der Waals surface area contributed by atoms with Gasteiger partial charge in [-0.1, -0.05) is 57.8 Å². The van der Waals surface area contributed by atoms with Crippen molar-refractivity contribution >= 4 is 49.0 Å². The predicted molar refractivity (Wildman–Crippen MR) is 149 cm³/mol. The van der Waals surface area contributed by atoms with Gasteiger partial charge in [0.15, 0.2) is 11.5 Å². The Bertz CT molecular complexity index is 1460. The van der Waals surface area contributed by atoms with Gasteiger partial charge in [0, 0.05) is 20.4 Å². The number of methoxy groups -OCH3 is 2. The molecule has 0 amide bonds. The largest absolute Gasteiger partial charge is 0.493 e. The van der Waals surface area contributed by atoms with Gasteiger partial charge >= 0.3 is 0 Å². The molecule has 0 radical (unpaired) electrons. The van der Waals surface area contributed by atoms with Gasteiger partial charge in [-0.15, -0.1) is 0 Å². The maximum Gasteiger partial charge on any atom is 0.282 e. The molecule has 9 heteroatoms. The molecule has 1 aromatic heterocycles. The van der Waals surface area contributed by atoms with Crippen LogP contribution < -0.4 is 19.8 Å². The molecule has 7 nitrogen and oxygen atoms in total. The zero-order chi connectivity index (χ0) is 25.8. The highest BCUT2D eigenvalue weighted by atomic mass is 79.9. The summed E-state index contributed by atoms with van der Waals surface area (Å²) in [7, 11) is 3.13. The van der Waals surface area contributed by atoms with Crippen LogP contribution in [0.2, 0.25) is 0 Å². The topological polar surface area (TPSA) is 74.9 Å². The molecule has 0 unspecified atom stereocenters. The number of rotatable bonds is 8. The number of benzene rings is 3. The van der Waals surface area contributed by atoms with Crippen LogP contribution in [0.25, 0.3) is 10.9 Å². The molecule has 0 saturated heterocycles. The number of aromatic nitrogens is 2. The molecule has 186 valence electrons. The van der Waals surface area contributed by atoms with Gasteiger partial charge in [-0.3, -0.25) is 4.79 Å². The molecule has 0 atom stereocenters. The van der Waals surface area contributed by atoms with E-state index in [1.807, 2.05) is 50.2 Å². The maximum atomic E-state index is 13.3. The highest BCUT2D eigenvalue weighted by Crippen LogP contribution is 2.38. The zero-order valence-electron chi connectivity index (χ0n) is 20.3. The summed E-state index contributed by atoms with van der Waals surface area (Å²) in [5, 5.41) is 4.99. The van der Waals surface area contributed by atoms with Gasteiger partial charge in [0.05, 0.1) is 31.3 Å². The lowest BCUT2D eigenvalue weighted by molar-refractivity contribution is 0.266. The lowest BCUT2D eigenvalue weighted by Gasteiger charge is -2.15. The highest BCUT2D eigenvalue weighted by molar-refractivity contribution is 9.10. The Morgan fingerprint density at radius 2 is 1.61 bits per heavy atom. The maximum absolute atomic E-state index is 13.3. The van der Waals surface area contributed by atoms with E-state index in [1.54, 1.807) is 38.6 Å². The summed E-state index contributed by atoms with van der Waals surface area (Å²) < 4.78 is 20.4. The third-order valence-corrected chi connectivity index (χ3v) is 6.47. The summed E-state index contributed by atoms with van der Waals surface area (Å²) in [5.74, 6) is 2.02. The first kappa shape index (κ1) is 25.9. The van der Waals surface area contributed by atoms with Crippen molar-refractivity contribution in [2.45, 2.75) is 26.4 Å². The van der Waals surface area contributed by atoms with Crippen LogP contribution in [0.3, 0.4) is 0 Å². The third-order valence-electron chi connectivity index (χ3n) is 5.45. The Kier molecular flexibility index (Phi) is 8.11. The van der Waals surface area contributed by atoms with Gasteiger partial charge in [0.1, 0.15) is 12.4 Å². The van der Waals surface area contributed by atoms with Crippen molar-refractivity contribution in [1.29, 1.82) is 0 Å². The number of nitrogens with zero attached hydrogens (tertiary/aromatic N) is 3. The molecule has 0 aliphatic heterocycles. The van der Waals surface area contributed by atoms with E-state index >= 15 is 0 Å². The summed E-state index contributed by atoms with van der Waals surface area (Å²) in [6, 6.07) is 16.9. The van der Waals surface area contributed by atoms with Crippen molar-refractivity contribution in [2.75, 3.05) is 14.2 Å². The van der Waals surface area contributed by atoms with Crippen molar-refractivity contribution in [3.8, 4) is 17.2 Å². The molecule has 0 bridgehead atoms. The van der Waals surface area contributed by atoms with Gasteiger partial charge < -0.3 is 14.2 Å². The molecule has 0 saturated carbocycles. The minimum atomic E-state index is -0.241. The lowest BCUT2D eigenvalue weighted by Crippen LogP contribution is -2.23. The number of hydrogen-bond acceptors (Lipinski definition) is 6. The molecule has 0 aliphatic rings. The Balaban J connectivity index is 1.71. The Hall–Kier alpha value is -3.17. The summed E-state index contributed by atoms with van der Waals surface area (Å²) in [5.41, 5.74) is 2.07. The Labute approximate surface area is 226 Å². The fraction of sp³-hybridized carbons (Fsp3) is 0.222. The molecular weight excluding hydrogens is 590 g/mol. The van der Waals surface area contributed by atoms with E-state index < -0.39 is 0 Å². The van der Waals surface area contributed by atoms with Crippen molar-refractivity contribution in [3.05, 3.63) is 90.8 Å². The number of fused-ring (bicyclic) bond motifs is 1. The second-order valence-corrected chi connectivity index (χ2v) is 10.1. The van der Waals surface area contributed by atoms with Crippen LogP contribution in [0.4, 0.5) is 0 Å². The van der Waals surface area contributed by atoms with Gasteiger partial charge in [0.2, 0.25) is 5.75 Å². The van der Waals surface area contributed by atoms with E-state index in [0.29, 0.717) is 46.1 Å². The van der Waals surface area contributed by atoms with E-state index in [-0.39, 0.29) is 11.5 Å². The smallest absolute Gasteiger partial charge is 0.282 e. The quantitative estimate of drug-likeness (QED) is 0.211. The lowest BCUT2D eigenvalue weighted by atomic mass is 10.2. The fourth-order valence-electron chi connectivity index (χ4n) is 3.63. The van der Waals surface area contributed by atoms with E-state index in [1.165, 1.54) is 4.68 Å². The summed E-state index contributed by atoms with van der Waals surface area (Å²) >= 11 is 6.87. The third kappa shape index (κ3) is 5.63. The van der Waals surface area contributed by atoms with Crippen LogP contribution in [0.5, 0.6) is 17.2 Å². The van der Waals surface area contributed by atoms with Crippen molar-refractivity contribution in [2.24, 2.45) is 5.10 Å². The Morgan fingerprint density at radius 1 is 0.972 bits per heavy atom. The normalized spacial score (nSPS) is 11.4. The molecular formula is C27H25Br2N3O4. The van der Waals surface area contributed by atoms with Crippen LogP contribution in [0, 0.1) is 0 Å². The fourth-order valence-corrected chi connectivity index (χ4v) is 4.25. The number of hydrogen-bond donors (Lipinski definition) is 0. The molecule has 4 aromatic rings. The van der Waals surface area contributed by atoms with Crippen molar-refractivity contribution in [3.63, 3.8) is 0 Å². The summed E-state index contributed by atoms with van der Waals surface area (Å²) in [6.07, 6.45) is 1.59. The van der Waals surface area contributed by atoms with Gasteiger partial charge in [-0.05, 0) is 48.0 Å². The van der Waals surface area contributed by atoms with E-state index in [2.05, 4.69) is 41.9 Å². The molecule has 1 heterocycles. The van der Waals surface area contributed by atoms with Gasteiger partial charge in [0.25, 0.3) is 5.56 Å². The second-order valence-electron chi connectivity index (χ2n) is 8.32. The molecule has 3 aromatic carbocycles. The van der Waals surface area contributed by atoms with Crippen LogP contribution in [-0.4, -0.2) is 30.1 Å². The van der Waals surface area contributed by atoms with E-state index in [0.717, 1.165) is 14.5 Å². The summed E-state index contributed by atoms with van der Waals surface area (Å²) in [4.78, 5) is 18.0. The zero-order valence-corrected chi connectivity index (χ0v) is 23.5. The molecule has 36 heavy (non-hydrogen) atoms. The minimum absolute atomic E-state index is 0.0126. The average Bonchev–Trinajstić information content (AvgIpc) is 2.87. The SMILES string of the molecule is COc1cc(C=Nn2c(C(C)C)nc3ccc(Br)cc3c2=O)cc(OC)c1OCc1ccc(Br)cc1. The van der Waals surface area contributed by atoms with Crippen molar-refractivity contribution in [1.82, 2.24) is 9.66 Å². The average molecular weight is 615 g/mol. The first-order valence-corrected chi connectivity index (χ1v) is 12.8. The molecule has 4 rings (SSSR count). The molecule has 0 N–H and O–H groups in total. The van der Waals surface area contributed by atoms with Crippen LogP contribution >= 0.6 is 31.9 Å². The minimum Gasteiger partial charge on any atom is -0.493 e. The van der Waals surface area contributed by atoms with Gasteiger partial charge in [-0.25, -0.2) is 4.98 Å². The second kappa shape index (κ2) is 11.3. The number of ether oxygens (including phenoxy) is 3. The highest BCUT2D eigenvalue weighted by Gasteiger charge is 2.16. The Morgan fingerprint density at radius 3 is 2.22 bits per heavy atom. The standard InChI is InChI=1S/C27H25Br2N3O4/c1-16(2)26-31-22-10-9-20(29)13-21(22)27(33)32(26)30-14-18-11-23(34-3)25(24(12-18)35-4)36-15-17-5-7-19(28)8-6-17/h5-14,16H,15H2,1-4H3. The van der Waals surface area contributed by atoms with Crippen LogP contribution in [0.15, 0.2) is 73.4 Å². The molecule has 0 spiro atoms. The number of halogens is 2. The summed E-state index contributed by atoms with van der Waals surface area (Å²) in [6.45, 7) is 4.29.